The van der Waals surface area contributed by atoms with Gasteiger partial charge in [-0.3, -0.25) is 4.79 Å². The van der Waals surface area contributed by atoms with E-state index in [0.29, 0.717) is 16.2 Å². The minimum absolute atomic E-state index is 0.0772. The van der Waals surface area contributed by atoms with Gasteiger partial charge in [0.15, 0.2) is 6.61 Å². The molecule has 0 atom stereocenters. The molecule has 2 aliphatic rings. The summed E-state index contributed by atoms with van der Waals surface area (Å²) in [6.07, 6.45) is 3.45. The molecule has 0 saturated carbocycles. The van der Waals surface area contributed by atoms with Gasteiger partial charge in [-0.25, -0.2) is 0 Å². The zero-order chi connectivity index (χ0) is 15.6. The zero-order valence-electron chi connectivity index (χ0n) is 13.0. The van der Waals surface area contributed by atoms with E-state index in [9.17, 15) is 4.79 Å². The molecule has 1 N–H and O–H groups in total. The Hall–Kier alpha value is -1.26. The van der Waals surface area contributed by atoms with Crippen LogP contribution in [0.15, 0.2) is 18.2 Å². The minimum atomic E-state index is 0.0772. The molecule has 0 bridgehead atoms. The number of halogens is 1. The van der Waals surface area contributed by atoms with Crippen molar-refractivity contribution in [3.8, 4) is 5.75 Å². The summed E-state index contributed by atoms with van der Waals surface area (Å²) in [5, 5.41) is 4.16. The largest absolute Gasteiger partial charge is 0.484 e. The highest BCUT2D eigenvalue weighted by Gasteiger charge is 2.37. The minimum Gasteiger partial charge on any atom is -0.484 e. The van der Waals surface area contributed by atoms with Crippen LogP contribution in [-0.4, -0.2) is 43.6 Å². The van der Waals surface area contributed by atoms with E-state index in [1.165, 1.54) is 6.42 Å². The summed E-state index contributed by atoms with van der Waals surface area (Å²) < 4.78 is 5.61. The molecule has 2 aliphatic heterocycles. The predicted molar refractivity (Wildman–Crippen MR) is 87.4 cm³/mol. The summed E-state index contributed by atoms with van der Waals surface area (Å²) in [5.74, 6) is 0.775. The molecular weight excluding hydrogens is 300 g/mol. The number of benzene rings is 1. The molecular formula is C17H23ClN2O2. The van der Waals surface area contributed by atoms with Crippen LogP contribution in [0.3, 0.4) is 0 Å². The Labute approximate surface area is 136 Å². The summed E-state index contributed by atoms with van der Waals surface area (Å²) in [4.78, 5) is 14.2. The van der Waals surface area contributed by atoms with E-state index in [1.54, 1.807) is 12.1 Å². The summed E-state index contributed by atoms with van der Waals surface area (Å²) in [6, 6.07) is 5.47. The molecule has 1 spiro atoms. The van der Waals surface area contributed by atoms with Gasteiger partial charge in [0, 0.05) is 24.7 Å². The van der Waals surface area contributed by atoms with Crippen molar-refractivity contribution < 1.29 is 9.53 Å². The highest BCUT2D eigenvalue weighted by atomic mass is 35.5. The van der Waals surface area contributed by atoms with Gasteiger partial charge in [0.1, 0.15) is 5.75 Å². The standard InChI is InChI=1S/C17H23ClN2O2/c1-13-10-14(2-3-15(13)18)22-11-16(21)20-8-5-17(6-9-20)4-7-19-12-17/h2-3,10,19H,4-9,11-12H2,1H3. The van der Waals surface area contributed by atoms with E-state index in [1.807, 2.05) is 17.9 Å². The Balaban J connectivity index is 1.49. The third-order valence-corrected chi connectivity index (χ3v) is 5.42. The third kappa shape index (κ3) is 3.39. The summed E-state index contributed by atoms with van der Waals surface area (Å²) >= 11 is 5.99. The second-order valence-corrected chi connectivity index (χ2v) is 6.91. The second-order valence-electron chi connectivity index (χ2n) is 6.51. The van der Waals surface area contributed by atoms with Crippen molar-refractivity contribution in [2.45, 2.75) is 26.2 Å². The van der Waals surface area contributed by atoms with E-state index in [0.717, 1.165) is 44.6 Å². The fraction of sp³-hybridized carbons (Fsp3) is 0.588. The average molecular weight is 323 g/mol. The summed E-state index contributed by atoms with van der Waals surface area (Å²) in [7, 11) is 0. The lowest BCUT2D eigenvalue weighted by atomic mass is 9.78. The van der Waals surface area contributed by atoms with Crippen LogP contribution < -0.4 is 10.1 Å². The van der Waals surface area contributed by atoms with Crippen molar-refractivity contribution in [3.63, 3.8) is 0 Å². The molecule has 1 amide bonds. The van der Waals surface area contributed by atoms with Crippen LogP contribution in [-0.2, 0) is 4.79 Å². The Kier molecular flexibility index (Phi) is 4.59. The molecule has 4 nitrogen and oxygen atoms in total. The van der Waals surface area contributed by atoms with Gasteiger partial charge < -0.3 is 15.0 Å². The number of amides is 1. The number of aryl methyl sites for hydroxylation is 1. The van der Waals surface area contributed by atoms with Crippen LogP contribution in [0.5, 0.6) is 5.75 Å². The Bertz CT molecular complexity index is 546. The first-order valence-electron chi connectivity index (χ1n) is 7.95. The Morgan fingerprint density at radius 2 is 2.14 bits per heavy atom. The molecule has 5 heteroatoms. The fourth-order valence-corrected chi connectivity index (χ4v) is 3.51. The maximum absolute atomic E-state index is 12.3. The number of hydrogen-bond acceptors (Lipinski definition) is 3. The molecule has 2 saturated heterocycles. The van der Waals surface area contributed by atoms with Crippen LogP contribution in [0.4, 0.5) is 0 Å². The fourth-order valence-electron chi connectivity index (χ4n) is 3.40. The lowest BCUT2D eigenvalue weighted by Gasteiger charge is -2.38. The number of piperidine rings is 1. The van der Waals surface area contributed by atoms with E-state index >= 15 is 0 Å². The van der Waals surface area contributed by atoms with Crippen LogP contribution in [0.1, 0.15) is 24.8 Å². The second kappa shape index (κ2) is 6.47. The van der Waals surface area contributed by atoms with Crippen molar-refractivity contribution in [3.05, 3.63) is 28.8 Å². The average Bonchev–Trinajstić information content (AvgIpc) is 2.97. The number of carbonyl (C=O) groups excluding carboxylic acids is 1. The highest BCUT2D eigenvalue weighted by molar-refractivity contribution is 6.31. The predicted octanol–water partition coefficient (Wildman–Crippen LogP) is 2.63. The van der Waals surface area contributed by atoms with E-state index in [-0.39, 0.29) is 12.5 Å². The SMILES string of the molecule is Cc1cc(OCC(=O)N2CCC3(CCNC3)CC2)ccc1Cl. The highest BCUT2D eigenvalue weighted by Crippen LogP contribution is 2.36. The normalized spacial score (nSPS) is 20.4. The molecule has 0 aliphatic carbocycles. The van der Waals surface area contributed by atoms with Gasteiger partial charge in [0.05, 0.1) is 0 Å². The summed E-state index contributed by atoms with van der Waals surface area (Å²) in [6.45, 7) is 5.96. The first kappa shape index (κ1) is 15.6. The van der Waals surface area contributed by atoms with Crippen molar-refractivity contribution in [2.75, 3.05) is 32.8 Å². The van der Waals surface area contributed by atoms with E-state index < -0.39 is 0 Å². The topological polar surface area (TPSA) is 41.6 Å². The molecule has 1 aromatic rings. The lowest BCUT2D eigenvalue weighted by molar-refractivity contribution is -0.135. The van der Waals surface area contributed by atoms with E-state index in [2.05, 4.69) is 5.32 Å². The number of nitrogens with zero attached hydrogens (tertiary/aromatic N) is 1. The lowest BCUT2D eigenvalue weighted by Crippen LogP contribution is -2.45. The third-order valence-electron chi connectivity index (χ3n) is 5.00. The zero-order valence-corrected chi connectivity index (χ0v) is 13.8. The van der Waals surface area contributed by atoms with Crippen molar-refractivity contribution >= 4 is 17.5 Å². The molecule has 0 unspecified atom stereocenters. The Morgan fingerprint density at radius 3 is 2.77 bits per heavy atom. The first-order valence-corrected chi connectivity index (χ1v) is 8.33. The number of likely N-dealkylation sites (tertiary alicyclic amines) is 1. The van der Waals surface area contributed by atoms with Crippen molar-refractivity contribution in [1.82, 2.24) is 10.2 Å². The maximum atomic E-state index is 12.3. The molecule has 1 aromatic carbocycles. The van der Waals surface area contributed by atoms with Crippen molar-refractivity contribution in [1.29, 1.82) is 0 Å². The van der Waals surface area contributed by atoms with Crippen LogP contribution in [0, 0.1) is 12.3 Å². The van der Waals surface area contributed by atoms with Gasteiger partial charge in [-0.15, -0.1) is 0 Å². The molecule has 2 heterocycles. The molecule has 22 heavy (non-hydrogen) atoms. The first-order chi connectivity index (χ1) is 10.6. The molecule has 120 valence electrons. The van der Waals surface area contributed by atoms with Crippen LogP contribution in [0.25, 0.3) is 0 Å². The number of ether oxygens (including phenoxy) is 1. The smallest absolute Gasteiger partial charge is 0.260 e. The molecule has 3 rings (SSSR count). The van der Waals surface area contributed by atoms with Gasteiger partial charge in [-0.1, -0.05) is 11.6 Å². The van der Waals surface area contributed by atoms with Gasteiger partial charge in [0.25, 0.3) is 5.91 Å². The number of carbonyl (C=O) groups is 1. The molecule has 0 aromatic heterocycles. The number of nitrogens with one attached hydrogen (secondary N) is 1. The van der Waals surface area contributed by atoms with E-state index in [4.69, 9.17) is 16.3 Å². The Morgan fingerprint density at radius 1 is 1.36 bits per heavy atom. The van der Waals surface area contributed by atoms with Gasteiger partial charge in [-0.05, 0) is 61.9 Å². The van der Waals surface area contributed by atoms with Gasteiger partial charge in [0.2, 0.25) is 0 Å². The van der Waals surface area contributed by atoms with Gasteiger partial charge >= 0.3 is 0 Å². The van der Waals surface area contributed by atoms with Crippen LogP contribution >= 0.6 is 11.6 Å². The quantitative estimate of drug-likeness (QED) is 0.930. The van der Waals surface area contributed by atoms with Crippen LogP contribution in [0.2, 0.25) is 5.02 Å². The summed E-state index contributed by atoms with van der Waals surface area (Å²) in [5.41, 5.74) is 1.39. The molecule has 0 radical (unpaired) electrons. The number of hydrogen-bond donors (Lipinski definition) is 1. The maximum Gasteiger partial charge on any atom is 0.260 e. The van der Waals surface area contributed by atoms with Gasteiger partial charge in [-0.2, -0.15) is 0 Å². The monoisotopic (exact) mass is 322 g/mol. The number of rotatable bonds is 3. The molecule has 2 fully saturated rings. The van der Waals surface area contributed by atoms with Crippen molar-refractivity contribution in [2.24, 2.45) is 5.41 Å².